The summed E-state index contributed by atoms with van der Waals surface area (Å²) in [5, 5.41) is 4.49. The van der Waals surface area contributed by atoms with Crippen molar-refractivity contribution in [3.63, 3.8) is 0 Å². The normalized spacial score (nSPS) is 13.7. The van der Waals surface area contributed by atoms with Crippen LogP contribution in [0.4, 0.5) is 22.0 Å². The van der Waals surface area contributed by atoms with Crippen LogP contribution in [0.1, 0.15) is 47.2 Å². The van der Waals surface area contributed by atoms with Gasteiger partial charge in [0.15, 0.2) is 0 Å². The number of aryl methyl sites for hydroxylation is 2. The van der Waals surface area contributed by atoms with Crippen molar-refractivity contribution < 1.29 is 26.7 Å². The van der Waals surface area contributed by atoms with Gasteiger partial charge in [-0.3, -0.25) is 19.4 Å². The van der Waals surface area contributed by atoms with Gasteiger partial charge >= 0.3 is 6.18 Å². The van der Waals surface area contributed by atoms with Crippen molar-refractivity contribution in [2.45, 2.75) is 44.8 Å². The molecule has 0 aliphatic carbocycles. The number of alkyl halides is 5. The maximum absolute atomic E-state index is 13.3. The van der Waals surface area contributed by atoms with Gasteiger partial charge in [-0.15, -0.1) is 0 Å². The third kappa shape index (κ3) is 5.65. The molecule has 0 spiro atoms. The summed E-state index contributed by atoms with van der Waals surface area (Å²) >= 11 is 0. The number of nitrogens with two attached hydrogens (primary N) is 1. The molecular weight excluding hydrogens is 433 g/mol. The largest absolute Gasteiger partial charge is 0.433 e. The maximum Gasteiger partial charge on any atom is 0.433 e. The Morgan fingerprint density at radius 1 is 1.00 bits per heavy atom. The lowest BCUT2D eigenvalue weighted by Gasteiger charge is -2.11. The number of hydrogen-bond acceptors (Lipinski definition) is 4. The Morgan fingerprint density at radius 3 is 2.31 bits per heavy atom. The summed E-state index contributed by atoms with van der Waals surface area (Å²) in [6, 6.07) is 6.88. The fourth-order valence-corrected chi connectivity index (χ4v) is 3.13. The third-order valence-electron chi connectivity index (χ3n) is 4.76. The second-order valence-corrected chi connectivity index (χ2v) is 7.31. The molecular formula is C21H20F5N5O. The number of carbonyl (C=O) groups is 1. The summed E-state index contributed by atoms with van der Waals surface area (Å²) in [5.41, 5.74) is 5.89. The number of hydrogen-bond donors (Lipinski definition) is 1. The molecule has 0 saturated carbocycles. The Balaban J connectivity index is 0.000000195. The van der Waals surface area contributed by atoms with Crippen LogP contribution in [-0.4, -0.2) is 25.7 Å². The van der Waals surface area contributed by atoms with Gasteiger partial charge in [-0.05, 0) is 49.6 Å². The average Bonchev–Trinajstić information content (AvgIpc) is 3.18. The van der Waals surface area contributed by atoms with Gasteiger partial charge in [-0.1, -0.05) is 0 Å². The highest BCUT2D eigenvalue weighted by atomic mass is 19.4. The molecule has 0 bridgehead atoms. The predicted octanol–water partition coefficient (Wildman–Crippen LogP) is 4.59. The first kappa shape index (κ1) is 23.3. The number of halogens is 5. The molecule has 0 unspecified atom stereocenters. The minimum absolute atomic E-state index is 0.206. The van der Waals surface area contributed by atoms with E-state index < -0.39 is 23.7 Å². The van der Waals surface area contributed by atoms with Crippen molar-refractivity contribution in [1.29, 1.82) is 0 Å². The Labute approximate surface area is 180 Å². The average molecular weight is 453 g/mol. The van der Waals surface area contributed by atoms with Crippen LogP contribution in [0.2, 0.25) is 0 Å². The number of aromatic nitrogens is 4. The standard InChI is InChI=1S/C14H15F2N3.C7H5F3N2O/c1-14(15,16)13-8-10(5-6-17-13)12-9-11-4-2-3-7-19(11)18-12;8-7(9,10)5-3-4(6(11)13)1-2-12-5/h5-6,8-9H,2-4,7H2,1H3;1-3H,(H2,11,13). The maximum atomic E-state index is 13.3. The summed E-state index contributed by atoms with van der Waals surface area (Å²) in [7, 11) is 0. The zero-order valence-corrected chi connectivity index (χ0v) is 17.0. The van der Waals surface area contributed by atoms with E-state index in [1.165, 1.54) is 24.4 Å². The second-order valence-electron chi connectivity index (χ2n) is 7.31. The van der Waals surface area contributed by atoms with Crippen LogP contribution in [0, 0.1) is 0 Å². The molecule has 3 aromatic heterocycles. The van der Waals surface area contributed by atoms with Crippen molar-refractivity contribution in [2.24, 2.45) is 5.73 Å². The summed E-state index contributed by atoms with van der Waals surface area (Å²) in [6.45, 7) is 1.77. The third-order valence-corrected chi connectivity index (χ3v) is 4.76. The van der Waals surface area contributed by atoms with E-state index in [0.717, 1.165) is 44.3 Å². The van der Waals surface area contributed by atoms with E-state index >= 15 is 0 Å². The molecule has 1 amide bonds. The molecule has 11 heteroatoms. The monoisotopic (exact) mass is 453 g/mol. The van der Waals surface area contributed by atoms with E-state index in [-0.39, 0.29) is 11.3 Å². The number of carbonyl (C=O) groups excluding carboxylic acids is 1. The van der Waals surface area contributed by atoms with E-state index in [1.807, 2.05) is 10.7 Å². The molecule has 3 aromatic rings. The van der Waals surface area contributed by atoms with Gasteiger partial charge in [0, 0.05) is 42.7 Å². The Bertz CT molecular complexity index is 1080. The van der Waals surface area contributed by atoms with Crippen molar-refractivity contribution in [3.05, 3.63) is 65.4 Å². The van der Waals surface area contributed by atoms with E-state index in [0.29, 0.717) is 11.6 Å². The fourth-order valence-electron chi connectivity index (χ4n) is 3.13. The van der Waals surface area contributed by atoms with Crippen LogP contribution in [0.3, 0.4) is 0 Å². The number of fused-ring (bicyclic) bond motifs is 1. The first-order valence-electron chi connectivity index (χ1n) is 9.69. The highest BCUT2D eigenvalue weighted by molar-refractivity contribution is 5.92. The van der Waals surface area contributed by atoms with Gasteiger partial charge in [0.2, 0.25) is 5.91 Å². The second kappa shape index (κ2) is 9.01. The van der Waals surface area contributed by atoms with Crippen LogP contribution in [-0.2, 0) is 25.1 Å². The molecule has 0 saturated heterocycles. The van der Waals surface area contributed by atoms with E-state index in [9.17, 15) is 26.7 Å². The summed E-state index contributed by atoms with van der Waals surface area (Å²) in [5.74, 6) is -3.83. The van der Waals surface area contributed by atoms with Crippen molar-refractivity contribution >= 4 is 5.91 Å². The van der Waals surface area contributed by atoms with Gasteiger partial charge in [0.25, 0.3) is 5.92 Å². The molecule has 0 radical (unpaired) electrons. The Hall–Kier alpha value is -3.37. The lowest BCUT2D eigenvalue weighted by atomic mass is 10.1. The van der Waals surface area contributed by atoms with Gasteiger partial charge in [-0.2, -0.15) is 27.1 Å². The molecule has 0 aromatic carbocycles. The molecule has 0 atom stereocenters. The van der Waals surface area contributed by atoms with Gasteiger partial charge in [0.1, 0.15) is 11.4 Å². The fraction of sp³-hybridized carbons (Fsp3) is 0.333. The van der Waals surface area contributed by atoms with Gasteiger partial charge < -0.3 is 5.73 Å². The first-order valence-corrected chi connectivity index (χ1v) is 9.69. The summed E-state index contributed by atoms with van der Waals surface area (Å²) in [4.78, 5) is 17.3. The predicted molar refractivity (Wildman–Crippen MR) is 106 cm³/mol. The van der Waals surface area contributed by atoms with Gasteiger partial charge in [-0.25, -0.2) is 0 Å². The Kier molecular flexibility index (Phi) is 6.56. The van der Waals surface area contributed by atoms with Crippen LogP contribution in [0.15, 0.2) is 42.7 Å². The van der Waals surface area contributed by atoms with Gasteiger partial charge in [0.05, 0.1) is 5.69 Å². The minimum atomic E-state index is -4.55. The lowest BCUT2D eigenvalue weighted by Crippen LogP contribution is -2.14. The lowest BCUT2D eigenvalue weighted by molar-refractivity contribution is -0.141. The molecule has 4 rings (SSSR count). The Morgan fingerprint density at radius 2 is 1.69 bits per heavy atom. The number of primary amides is 1. The molecule has 6 nitrogen and oxygen atoms in total. The molecule has 0 fully saturated rings. The molecule has 4 heterocycles. The minimum Gasteiger partial charge on any atom is -0.366 e. The van der Waals surface area contributed by atoms with Crippen molar-refractivity contribution in [2.75, 3.05) is 0 Å². The van der Waals surface area contributed by atoms with E-state index in [4.69, 9.17) is 5.73 Å². The topological polar surface area (TPSA) is 86.7 Å². The smallest absolute Gasteiger partial charge is 0.366 e. The summed E-state index contributed by atoms with van der Waals surface area (Å²) < 4.78 is 64.6. The van der Waals surface area contributed by atoms with Crippen molar-refractivity contribution in [1.82, 2.24) is 19.7 Å². The van der Waals surface area contributed by atoms with Crippen LogP contribution in [0.25, 0.3) is 11.3 Å². The number of pyridine rings is 2. The molecule has 170 valence electrons. The van der Waals surface area contributed by atoms with Crippen LogP contribution >= 0.6 is 0 Å². The number of amides is 1. The van der Waals surface area contributed by atoms with Crippen LogP contribution in [0.5, 0.6) is 0 Å². The van der Waals surface area contributed by atoms with E-state index in [2.05, 4.69) is 15.1 Å². The highest BCUT2D eigenvalue weighted by Crippen LogP contribution is 2.29. The SMILES string of the molecule is CC(F)(F)c1cc(-c2cc3n(n2)CCCC3)ccn1.NC(=O)c1ccnc(C(F)(F)F)c1. The molecule has 32 heavy (non-hydrogen) atoms. The molecule has 1 aliphatic heterocycles. The zero-order valence-electron chi connectivity index (χ0n) is 17.0. The number of nitrogens with zero attached hydrogens (tertiary/aromatic N) is 4. The summed E-state index contributed by atoms with van der Waals surface area (Å²) in [6.07, 6.45) is 1.06. The van der Waals surface area contributed by atoms with Crippen LogP contribution < -0.4 is 5.73 Å². The zero-order chi connectivity index (χ0) is 23.5. The number of rotatable bonds is 3. The van der Waals surface area contributed by atoms with Crippen molar-refractivity contribution in [3.8, 4) is 11.3 Å². The molecule has 2 N–H and O–H groups in total. The quantitative estimate of drug-likeness (QED) is 0.588. The van der Waals surface area contributed by atoms with E-state index in [1.54, 1.807) is 6.07 Å². The molecule has 1 aliphatic rings. The highest BCUT2D eigenvalue weighted by Gasteiger charge is 2.32. The first-order chi connectivity index (χ1) is 14.9.